The predicted molar refractivity (Wildman–Crippen MR) is 78.6 cm³/mol. The highest BCUT2D eigenvalue weighted by Crippen LogP contribution is 2.22. The number of piperidine rings is 1. The maximum atomic E-state index is 11.6. The molecule has 2 unspecified atom stereocenters. The topological polar surface area (TPSA) is 84.1 Å². The minimum Gasteiger partial charge on any atom is -0.355 e. The maximum absolute atomic E-state index is 11.6. The van der Waals surface area contributed by atoms with Gasteiger partial charge >= 0.3 is 0 Å². The molecule has 110 valence electrons. The molecule has 2 heterocycles. The van der Waals surface area contributed by atoms with Crippen LogP contribution in [0.1, 0.15) is 37.2 Å². The van der Waals surface area contributed by atoms with Crippen molar-refractivity contribution in [3.63, 3.8) is 0 Å². The maximum Gasteiger partial charge on any atom is 0.271 e. The first-order valence-electron chi connectivity index (χ1n) is 7.24. The van der Waals surface area contributed by atoms with E-state index in [9.17, 15) is 4.79 Å². The lowest BCUT2D eigenvalue weighted by Gasteiger charge is -2.35. The molecule has 6 heteroatoms. The summed E-state index contributed by atoms with van der Waals surface area (Å²) in [6.45, 7) is 6.40. The Morgan fingerprint density at radius 1 is 1.55 bits per heavy atom. The molecule has 1 fully saturated rings. The quantitative estimate of drug-likeness (QED) is 0.850. The summed E-state index contributed by atoms with van der Waals surface area (Å²) in [5, 5.41) is 10.9. The Morgan fingerprint density at radius 3 is 2.95 bits per heavy atom. The number of hydrogen-bond donors (Lipinski definition) is 2. The molecular weight excluding hydrogens is 254 g/mol. The van der Waals surface area contributed by atoms with Crippen molar-refractivity contribution in [2.45, 2.75) is 32.7 Å². The van der Waals surface area contributed by atoms with Gasteiger partial charge in [0, 0.05) is 25.7 Å². The van der Waals surface area contributed by atoms with Gasteiger partial charge in [-0.25, -0.2) is 0 Å². The number of nitrogens with two attached hydrogens (primary N) is 1. The first-order valence-corrected chi connectivity index (χ1v) is 7.24. The van der Waals surface area contributed by atoms with E-state index in [0.717, 1.165) is 25.3 Å². The third-order valence-corrected chi connectivity index (χ3v) is 3.75. The number of carbonyl (C=O) groups excluding carboxylic acids is 1. The first kappa shape index (κ1) is 14.7. The molecule has 1 aliphatic rings. The van der Waals surface area contributed by atoms with E-state index in [0.29, 0.717) is 18.2 Å². The number of aromatic nitrogens is 2. The highest BCUT2D eigenvalue weighted by atomic mass is 16.1. The Kier molecular flexibility index (Phi) is 4.89. The second-order valence-corrected chi connectivity index (χ2v) is 5.34. The molecule has 3 N–H and O–H groups in total. The Hall–Kier alpha value is -1.69. The van der Waals surface area contributed by atoms with E-state index in [1.54, 1.807) is 6.07 Å². The average Bonchev–Trinajstić information content (AvgIpc) is 2.48. The number of nitrogens with zero attached hydrogens (tertiary/aromatic N) is 3. The van der Waals surface area contributed by atoms with Crippen LogP contribution in [0.4, 0.5) is 5.82 Å². The van der Waals surface area contributed by atoms with Gasteiger partial charge in [-0.05, 0) is 44.7 Å². The summed E-state index contributed by atoms with van der Waals surface area (Å²) < 4.78 is 0. The van der Waals surface area contributed by atoms with Crippen LogP contribution >= 0.6 is 0 Å². The molecule has 6 nitrogen and oxygen atoms in total. The number of anilines is 1. The summed E-state index contributed by atoms with van der Waals surface area (Å²) >= 11 is 0. The number of rotatable bonds is 4. The van der Waals surface area contributed by atoms with Gasteiger partial charge in [0.15, 0.2) is 11.5 Å². The molecule has 1 aromatic rings. The van der Waals surface area contributed by atoms with Crippen LogP contribution in [0.2, 0.25) is 0 Å². The average molecular weight is 277 g/mol. The van der Waals surface area contributed by atoms with E-state index in [1.165, 1.54) is 6.42 Å². The lowest BCUT2D eigenvalue weighted by molar-refractivity contribution is 0.0950. The molecule has 20 heavy (non-hydrogen) atoms. The van der Waals surface area contributed by atoms with Crippen molar-refractivity contribution in [3.8, 4) is 0 Å². The van der Waals surface area contributed by atoms with Gasteiger partial charge in [0.1, 0.15) is 0 Å². The summed E-state index contributed by atoms with van der Waals surface area (Å²) in [4.78, 5) is 13.8. The minimum absolute atomic E-state index is 0.182. The number of nitrogens with one attached hydrogen (secondary N) is 1. The molecule has 0 spiro atoms. The van der Waals surface area contributed by atoms with E-state index in [-0.39, 0.29) is 11.9 Å². The molecular formula is C14H23N5O. The van der Waals surface area contributed by atoms with Gasteiger partial charge in [0.05, 0.1) is 0 Å². The summed E-state index contributed by atoms with van der Waals surface area (Å²) in [6.07, 6.45) is 2.28. The van der Waals surface area contributed by atoms with Crippen molar-refractivity contribution in [1.82, 2.24) is 15.5 Å². The molecule has 1 saturated heterocycles. The Bertz CT molecular complexity index is 445. The van der Waals surface area contributed by atoms with Gasteiger partial charge < -0.3 is 16.0 Å². The molecule has 0 bridgehead atoms. The summed E-state index contributed by atoms with van der Waals surface area (Å²) in [5.41, 5.74) is 6.35. The van der Waals surface area contributed by atoms with Gasteiger partial charge in [0.25, 0.3) is 5.91 Å². The van der Waals surface area contributed by atoms with Crippen molar-refractivity contribution < 1.29 is 4.79 Å². The lowest BCUT2D eigenvalue weighted by Crippen LogP contribution is -2.42. The number of hydrogen-bond acceptors (Lipinski definition) is 5. The molecule has 0 radical (unpaired) electrons. The van der Waals surface area contributed by atoms with Crippen molar-refractivity contribution >= 4 is 11.7 Å². The third-order valence-electron chi connectivity index (χ3n) is 3.75. The SMILES string of the molecule is CCNC(=O)c1ccc(N2CCCC(C(C)N)C2)nn1. The van der Waals surface area contributed by atoms with Crippen molar-refractivity contribution in [2.75, 3.05) is 24.5 Å². The second kappa shape index (κ2) is 6.65. The zero-order chi connectivity index (χ0) is 14.5. The van der Waals surface area contributed by atoms with Crippen LogP contribution < -0.4 is 16.0 Å². The molecule has 0 saturated carbocycles. The zero-order valence-corrected chi connectivity index (χ0v) is 12.2. The number of amides is 1. The second-order valence-electron chi connectivity index (χ2n) is 5.34. The Labute approximate surface area is 119 Å². The molecule has 1 aromatic heterocycles. The van der Waals surface area contributed by atoms with Crippen molar-refractivity contribution in [1.29, 1.82) is 0 Å². The molecule has 1 amide bonds. The Morgan fingerprint density at radius 2 is 2.35 bits per heavy atom. The van der Waals surface area contributed by atoms with E-state index in [4.69, 9.17) is 5.73 Å². The largest absolute Gasteiger partial charge is 0.355 e. The summed E-state index contributed by atoms with van der Waals surface area (Å²) in [6, 6.07) is 3.78. The van der Waals surface area contributed by atoms with E-state index in [2.05, 4.69) is 27.3 Å². The molecule has 2 atom stereocenters. The monoisotopic (exact) mass is 277 g/mol. The predicted octanol–water partition coefficient (Wildman–Crippen LogP) is 0.790. The van der Waals surface area contributed by atoms with E-state index < -0.39 is 0 Å². The van der Waals surface area contributed by atoms with Crippen LogP contribution in [0.15, 0.2) is 12.1 Å². The smallest absolute Gasteiger partial charge is 0.271 e. The highest BCUT2D eigenvalue weighted by Gasteiger charge is 2.23. The van der Waals surface area contributed by atoms with Gasteiger partial charge in [-0.3, -0.25) is 4.79 Å². The van der Waals surface area contributed by atoms with Crippen LogP contribution in [0.5, 0.6) is 0 Å². The first-order chi connectivity index (χ1) is 9.61. The van der Waals surface area contributed by atoms with Crippen LogP contribution in [-0.4, -0.2) is 41.8 Å². The van der Waals surface area contributed by atoms with Crippen LogP contribution in [0, 0.1) is 5.92 Å². The van der Waals surface area contributed by atoms with Crippen LogP contribution in [-0.2, 0) is 0 Å². The van der Waals surface area contributed by atoms with Gasteiger partial charge in [-0.15, -0.1) is 10.2 Å². The molecule has 0 aromatic carbocycles. The molecule has 0 aliphatic carbocycles. The fourth-order valence-electron chi connectivity index (χ4n) is 2.51. The van der Waals surface area contributed by atoms with Crippen molar-refractivity contribution in [3.05, 3.63) is 17.8 Å². The van der Waals surface area contributed by atoms with Crippen molar-refractivity contribution in [2.24, 2.45) is 11.7 Å². The molecule has 2 rings (SSSR count). The summed E-state index contributed by atoms with van der Waals surface area (Å²) in [5.74, 6) is 1.13. The summed E-state index contributed by atoms with van der Waals surface area (Å²) in [7, 11) is 0. The van der Waals surface area contributed by atoms with Gasteiger partial charge in [0.2, 0.25) is 0 Å². The zero-order valence-electron chi connectivity index (χ0n) is 12.2. The Balaban J connectivity index is 2.04. The molecule has 1 aliphatic heterocycles. The normalized spacial score (nSPS) is 20.6. The van der Waals surface area contributed by atoms with Gasteiger partial charge in [-0.1, -0.05) is 0 Å². The fraction of sp³-hybridized carbons (Fsp3) is 0.643. The highest BCUT2D eigenvalue weighted by molar-refractivity contribution is 5.92. The minimum atomic E-state index is -0.182. The van der Waals surface area contributed by atoms with Gasteiger partial charge in [-0.2, -0.15) is 0 Å². The van der Waals surface area contributed by atoms with Crippen LogP contribution in [0.3, 0.4) is 0 Å². The third kappa shape index (κ3) is 3.45. The van der Waals surface area contributed by atoms with E-state index >= 15 is 0 Å². The standard InChI is InChI=1S/C14H23N5O/c1-3-16-14(20)12-6-7-13(18-17-12)19-8-4-5-11(9-19)10(2)15/h6-7,10-11H,3-5,8-9,15H2,1-2H3,(H,16,20). The van der Waals surface area contributed by atoms with E-state index in [1.807, 2.05) is 13.0 Å². The fourth-order valence-corrected chi connectivity index (χ4v) is 2.51. The number of carbonyl (C=O) groups is 1. The van der Waals surface area contributed by atoms with Crippen LogP contribution in [0.25, 0.3) is 0 Å². The lowest BCUT2D eigenvalue weighted by atomic mass is 9.92.